The van der Waals surface area contributed by atoms with E-state index in [9.17, 15) is 14.7 Å². The van der Waals surface area contributed by atoms with Crippen molar-refractivity contribution < 1.29 is 9.90 Å². The highest BCUT2D eigenvalue weighted by atomic mass is 32.1. The van der Waals surface area contributed by atoms with Gasteiger partial charge in [0.1, 0.15) is 10.6 Å². The first-order valence-corrected chi connectivity index (χ1v) is 10.1. The first-order valence-electron chi connectivity index (χ1n) is 9.26. The van der Waals surface area contributed by atoms with Crippen LogP contribution < -0.4 is 5.56 Å². The van der Waals surface area contributed by atoms with Crippen molar-refractivity contribution in [1.29, 1.82) is 0 Å². The maximum Gasteiger partial charge on any atom is 0.290 e. The molecule has 1 aliphatic heterocycles. The fourth-order valence-electron chi connectivity index (χ4n) is 4.29. The molecule has 1 fully saturated rings. The standard InChI is InChI=1S/C20H19N3O3S/c24-12-8-6-11(7-9-12)14-4-2-10-23(14)20(26)17-21-18(25)16-13-3-1-5-15(13)27-19(16)22-17/h6-9,14,24H,1-5,10H2,(H,21,22,25). The molecule has 0 saturated carbocycles. The summed E-state index contributed by atoms with van der Waals surface area (Å²) in [6.45, 7) is 0.632. The highest BCUT2D eigenvalue weighted by Crippen LogP contribution is 2.36. The number of carbonyl (C=O) groups excluding carboxylic acids is 1. The molecular formula is C20H19N3O3S. The normalized spacial score (nSPS) is 19.0. The molecule has 1 aromatic carbocycles. The Labute approximate surface area is 159 Å². The van der Waals surface area contributed by atoms with Crippen LogP contribution in [0.4, 0.5) is 0 Å². The Balaban J connectivity index is 1.51. The van der Waals surface area contributed by atoms with E-state index in [1.165, 1.54) is 4.88 Å². The van der Waals surface area contributed by atoms with Crippen LogP contribution in [0.5, 0.6) is 5.75 Å². The number of likely N-dealkylation sites (tertiary alicyclic amines) is 1. The van der Waals surface area contributed by atoms with Crippen molar-refractivity contribution in [2.75, 3.05) is 6.54 Å². The number of nitrogens with zero attached hydrogens (tertiary/aromatic N) is 2. The van der Waals surface area contributed by atoms with Gasteiger partial charge in [-0.15, -0.1) is 11.3 Å². The van der Waals surface area contributed by atoms with Gasteiger partial charge in [-0.3, -0.25) is 9.59 Å². The number of H-pyrrole nitrogens is 1. The van der Waals surface area contributed by atoms with Crippen LogP contribution in [0.1, 0.15) is 51.9 Å². The number of benzene rings is 1. The number of phenols is 1. The van der Waals surface area contributed by atoms with E-state index >= 15 is 0 Å². The third-order valence-corrected chi connectivity index (χ3v) is 6.75. The minimum absolute atomic E-state index is 0.0626. The number of carbonyl (C=O) groups is 1. The van der Waals surface area contributed by atoms with Crippen molar-refractivity contribution in [2.45, 2.75) is 38.1 Å². The van der Waals surface area contributed by atoms with Crippen LogP contribution >= 0.6 is 11.3 Å². The van der Waals surface area contributed by atoms with E-state index in [-0.39, 0.29) is 29.1 Å². The third kappa shape index (κ3) is 2.65. The van der Waals surface area contributed by atoms with Gasteiger partial charge in [-0.25, -0.2) is 4.98 Å². The van der Waals surface area contributed by atoms with E-state index < -0.39 is 0 Å². The van der Waals surface area contributed by atoms with Gasteiger partial charge in [0.15, 0.2) is 0 Å². The fourth-order valence-corrected chi connectivity index (χ4v) is 5.55. The first kappa shape index (κ1) is 16.5. The van der Waals surface area contributed by atoms with E-state index in [1.54, 1.807) is 28.4 Å². The first-order chi connectivity index (χ1) is 13.1. The number of thiophene rings is 1. The summed E-state index contributed by atoms with van der Waals surface area (Å²) >= 11 is 1.54. The van der Waals surface area contributed by atoms with Crippen molar-refractivity contribution in [2.24, 2.45) is 0 Å². The third-order valence-electron chi connectivity index (χ3n) is 5.57. The van der Waals surface area contributed by atoms with E-state index in [0.717, 1.165) is 43.2 Å². The topological polar surface area (TPSA) is 86.3 Å². The molecule has 0 bridgehead atoms. The minimum atomic E-state index is -0.238. The predicted molar refractivity (Wildman–Crippen MR) is 103 cm³/mol. The lowest BCUT2D eigenvalue weighted by Crippen LogP contribution is -2.33. The molecule has 1 unspecified atom stereocenters. The lowest BCUT2D eigenvalue weighted by Gasteiger charge is -2.24. The molecule has 1 atom stereocenters. The number of amides is 1. The van der Waals surface area contributed by atoms with Crippen LogP contribution in [-0.4, -0.2) is 32.4 Å². The zero-order chi connectivity index (χ0) is 18.5. The highest BCUT2D eigenvalue weighted by molar-refractivity contribution is 7.18. The number of fused-ring (bicyclic) bond motifs is 3. The lowest BCUT2D eigenvalue weighted by molar-refractivity contribution is 0.0723. The van der Waals surface area contributed by atoms with Gasteiger partial charge >= 0.3 is 0 Å². The van der Waals surface area contributed by atoms with Crippen LogP contribution in [0.15, 0.2) is 29.1 Å². The van der Waals surface area contributed by atoms with Crippen LogP contribution in [0, 0.1) is 0 Å². The molecule has 2 aliphatic rings. The summed E-state index contributed by atoms with van der Waals surface area (Å²) in [7, 11) is 0. The quantitative estimate of drug-likeness (QED) is 0.714. The molecular weight excluding hydrogens is 362 g/mol. The second-order valence-corrected chi connectivity index (χ2v) is 8.28. The van der Waals surface area contributed by atoms with E-state index in [2.05, 4.69) is 9.97 Å². The average Bonchev–Trinajstić information content (AvgIpc) is 3.36. The zero-order valence-corrected chi connectivity index (χ0v) is 15.5. The molecule has 0 spiro atoms. The number of aryl methyl sites for hydroxylation is 2. The number of aromatic amines is 1. The summed E-state index contributed by atoms with van der Waals surface area (Å²) in [4.78, 5) is 36.7. The van der Waals surface area contributed by atoms with Crippen molar-refractivity contribution in [3.05, 3.63) is 56.4 Å². The van der Waals surface area contributed by atoms with E-state index in [0.29, 0.717) is 16.8 Å². The van der Waals surface area contributed by atoms with Crippen LogP contribution in [0.2, 0.25) is 0 Å². The maximum atomic E-state index is 13.1. The minimum Gasteiger partial charge on any atom is -0.508 e. The van der Waals surface area contributed by atoms with Gasteiger partial charge < -0.3 is 15.0 Å². The fraction of sp³-hybridized carbons (Fsp3) is 0.350. The number of aromatic hydroxyl groups is 1. The van der Waals surface area contributed by atoms with Crippen LogP contribution in [-0.2, 0) is 12.8 Å². The second-order valence-electron chi connectivity index (χ2n) is 7.20. The Hall–Kier alpha value is -2.67. The molecule has 3 heterocycles. The number of rotatable bonds is 2. The van der Waals surface area contributed by atoms with Gasteiger partial charge in [0, 0.05) is 11.4 Å². The molecule has 2 N–H and O–H groups in total. The summed E-state index contributed by atoms with van der Waals surface area (Å²) in [5.74, 6) is 0.0908. The molecule has 1 aliphatic carbocycles. The Kier molecular flexibility index (Phi) is 3.79. The van der Waals surface area contributed by atoms with Gasteiger partial charge in [0.2, 0.25) is 5.82 Å². The average molecular weight is 381 g/mol. The Morgan fingerprint density at radius 1 is 1.22 bits per heavy atom. The van der Waals surface area contributed by atoms with Crippen molar-refractivity contribution in [3.8, 4) is 5.75 Å². The van der Waals surface area contributed by atoms with Crippen LogP contribution in [0.25, 0.3) is 10.2 Å². The number of nitrogens with one attached hydrogen (secondary N) is 1. The van der Waals surface area contributed by atoms with Gasteiger partial charge in [-0.05, 0) is 55.4 Å². The largest absolute Gasteiger partial charge is 0.508 e. The molecule has 7 heteroatoms. The molecule has 3 aromatic rings. The number of aromatic nitrogens is 2. The number of hydrogen-bond acceptors (Lipinski definition) is 5. The summed E-state index contributed by atoms with van der Waals surface area (Å²) in [6, 6.07) is 6.89. The van der Waals surface area contributed by atoms with Crippen molar-refractivity contribution in [3.63, 3.8) is 0 Å². The lowest BCUT2D eigenvalue weighted by atomic mass is 10.0. The Morgan fingerprint density at radius 3 is 2.85 bits per heavy atom. The summed E-state index contributed by atoms with van der Waals surface area (Å²) in [5.41, 5.74) is 1.89. The van der Waals surface area contributed by atoms with Gasteiger partial charge in [-0.1, -0.05) is 12.1 Å². The molecule has 5 rings (SSSR count). The van der Waals surface area contributed by atoms with Crippen molar-refractivity contribution >= 4 is 27.5 Å². The van der Waals surface area contributed by atoms with Crippen molar-refractivity contribution in [1.82, 2.24) is 14.9 Å². The monoisotopic (exact) mass is 381 g/mol. The van der Waals surface area contributed by atoms with Gasteiger partial charge in [-0.2, -0.15) is 0 Å². The van der Waals surface area contributed by atoms with Gasteiger partial charge in [0.25, 0.3) is 11.5 Å². The molecule has 0 radical (unpaired) electrons. The molecule has 2 aromatic heterocycles. The van der Waals surface area contributed by atoms with E-state index in [4.69, 9.17) is 0 Å². The summed E-state index contributed by atoms with van der Waals surface area (Å²) < 4.78 is 0. The molecule has 1 saturated heterocycles. The molecule has 6 nitrogen and oxygen atoms in total. The van der Waals surface area contributed by atoms with Gasteiger partial charge in [0.05, 0.1) is 11.4 Å². The predicted octanol–water partition coefficient (Wildman–Crippen LogP) is 3.16. The Bertz CT molecular complexity index is 1100. The smallest absolute Gasteiger partial charge is 0.290 e. The number of phenolic OH excluding ortho intramolecular Hbond substituents is 1. The molecule has 138 valence electrons. The SMILES string of the molecule is O=C(c1nc2sc3c(c2c(=O)[nH]1)CCC3)N1CCCC1c1ccc(O)cc1. The highest BCUT2D eigenvalue weighted by Gasteiger charge is 2.32. The zero-order valence-electron chi connectivity index (χ0n) is 14.7. The van der Waals surface area contributed by atoms with Crippen LogP contribution in [0.3, 0.4) is 0 Å². The maximum absolute atomic E-state index is 13.1. The number of hydrogen-bond donors (Lipinski definition) is 2. The molecule has 1 amide bonds. The second kappa shape index (κ2) is 6.20. The summed E-state index contributed by atoms with van der Waals surface area (Å²) in [5, 5.41) is 10.2. The summed E-state index contributed by atoms with van der Waals surface area (Å²) in [6.07, 6.45) is 4.75. The Morgan fingerprint density at radius 2 is 2.04 bits per heavy atom. The van der Waals surface area contributed by atoms with E-state index in [1.807, 2.05) is 12.1 Å². The molecule has 27 heavy (non-hydrogen) atoms.